The van der Waals surface area contributed by atoms with Gasteiger partial charge in [-0.25, -0.2) is 8.78 Å². The van der Waals surface area contributed by atoms with Gasteiger partial charge in [0.15, 0.2) is 0 Å². The molecule has 2 nitrogen and oxygen atoms in total. The zero-order valence-electron chi connectivity index (χ0n) is 7.62. The predicted molar refractivity (Wildman–Crippen MR) is 42.9 cm³/mol. The second kappa shape index (κ2) is 3.81. The van der Waals surface area contributed by atoms with E-state index in [-0.39, 0.29) is 12.8 Å². The molecule has 0 aliphatic heterocycles. The van der Waals surface area contributed by atoms with Gasteiger partial charge < -0.3 is 5.32 Å². The highest BCUT2D eigenvalue weighted by atomic mass is 19.3. The van der Waals surface area contributed by atoms with Gasteiger partial charge in [0.05, 0.1) is 6.07 Å². The van der Waals surface area contributed by atoms with Gasteiger partial charge in [-0.3, -0.25) is 0 Å². The van der Waals surface area contributed by atoms with Gasteiger partial charge in [-0.1, -0.05) is 0 Å². The number of nitrogens with zero attached hydrogens (tertiary/aromatic N) is 1. The SMILES string of the molecule is CNC(C)(C#N)CCC(C)(F)F. The second-order valence-corrected chi connectivity index (χ2v) is 3.26. The normalized spacial score (nSPS) is 16.7. The molecule has 0 aromatic heterocycles. The van der Waals surface area contributed by atoms with Crippen LogP contribution in [0.1, 0.15) is 26.7 Å². The van der Waals surface area contributed by atoms with Crippen molar-refractivity contribution >= 4 is 0 Å². The van der Waals surface area contributed by atoms with E-state index in [1.807, 2.05) is 6.07 Å². The number of rotatable bonds is 4. The van der Waals surface area contributed by atoms with Crippen LogP contribution >= 0.6 is 0 Å². The predicted octanol–water partition coefficient (Wildman–Crippen LogP) is 1.92. The van der Waals surface area contributed by atoms with Crippen LogP contribution in [0.2, 0.25) is 0 Å². The summed E-state index contributed by atoms with van der Waals surface area (Å²) in [6, 6.07) is 1.96. The van der Waals surface area contributed by atoms with Crippen molar-refractivity contribution in [1.82, 2.24) is 5.32 Å². The fourth-order valence-corrected chi connectivity index (χ4v) is 0.706. The fraction of sp³-hybridized carbons (Fsp3) is 0.875. The lowest BCUT2D eigenvalue weighted by molar-refractivity contribution is 0.00656. The monoisotopic (exact) mass is 176 g/mol. The molecule has 70 valence electrons. The van der Waals surface area contributed by atoms with E-state index < -0.39 is 11.5 Å². The van der Waals surface area contributed by atoms with E-state index in [9.17, 15) is 8.78 Å². The van der Waals surface area contributed by atoms with E-state index in [1.165, 1.54) is 0 Å². The Labute approximate surface area is 71.6 Å². The highest BCUT2D eigenvalue weighted by molar-refractivity contribution is 5.03. The molecule has 0 heterocycles. The number of hydrogen-bond donors (Lipinski definition) is 1. The van der Waals surface area contributed by atoms with Crippen LogP contribution in [0.4, 0.5) is 8.78 Å². The first-order valence-electron chi connectivity index (χ1n) is 3.81. The summed E-state index contributed by atoms with van der Waals surface area (Å²) in [6.45, 7) is 2.47. The molecule has 0 aromatic carbocycles. The molecule has 0 aliphatic carbocycles. The number of halogens is 2. The quantitative estimate of drug-likeness (QED) is 0.710. The van der Waals surface area contributed by atoms with Crippen molar-refractivity contribution in [3.05, 3.63) is 0 Å². The Balaban J connectivity index is 4.01. The lowest BCUT2D eigenvalue weighted by Crippen LogP contribution is -2.39. The molecule has 0 amide bonds. The number of nitrogens with one attached hydrogen (secondary N) is 1. The fourth-order valence-electron chi connectivity index (χ4n) is 0.706. The minimum Gasteiger partial charge on any atom is -0.303 e. The first-order chi connectivity index (χ1) is 5.33. The first-order valence-corrected chi connectivity index (χ1v) is 3.81. The lowest BCUT2D eigenvalue weighted by atomic mass is 9.96. The summed E-state index contributed by atoms with van der Waals surface area (Å²) < 4.78 is 24.8. The zero-order chi connectivity index (χ0) is 9.83. The van der Waals surface area contributed by atoms with Crippen LogP contribution in [0.3, 0.4) is 0 Å². The molecule has 0 fully saturated rings. The van der Waals surface area contributed by atoms with Crippen molar-refractivity contribution in [3.63, 3.8) is 0 Å². The summed E-state index contributed by atoms with van der Waals surface area (Å²) >= 11 is 0. The Hall–Kier alpha value is -0.690. The van der Waals surface area contributed by atoms with Gasteiger partial charge in [-0.05, 0) is 27.3 Å². The molecular weight excluding hydrogens is 162 g/mol. The van der Waals surface area contributed by atoms with Gasteiger partial charge in [-0.15, -0.1) is 0 Å². The van der Waals surface area contributed by atoms with Gasteiger partial charge in [0.2, 0.25) is 5.92 Å². The Kier molecular flexibility index (Phi) is 3.59. The maximum Gasteiger partial charge on any atom is 0.245 e. The topological polar surface area (TPSA) is 35.8 Å². The minimum atomic E-state index is -2.69. The van der Waals surface area contributed by atoms with E-state index in [1.54, 1.807) is 14.0 Å². The molecule has 1 unspecified atom stereocenters. The van der Waals surface area contributed by atoms with Crippen molar-refractivity contribution in [2.45, 2.75) is 38.2 Å². The summed E-state index contributed by atoms with van der Waals surface area (Å²) in [4.78, 5) is 0. The summed E-state index contributed by atoms with van der Waals surface area (Å²) in [7, 11) is 1.59. The number of hydrogen-bond acceptors (Lipinski definition) is 2. The van der Waals surface area contributed by atoms with Crippen molar-refractivity contribution in [2.75, 3.05) is 7.05 Å². The summed E-state index contributed by atoms with van der Waals surface area (Å²) in [5.74, 6) is -2.69. The molecule has 0 aliphatic rings. The minimum absolute atomic E-state index is 0.156. The van der Waals surface area contributed by atoms with Gasteiger partial charge in [0.25, 0.3) is 0 Å². The molecule has 0 radical (unpaired) electrons. The molecule has 0 aromatic rings. The van der Waals surface area contributed by atoms with Crippen LogP contribution in [0.5, 0.6) is 0 Å². The van der Waals surface area contributed by atoms with Crippen molar-refractivity contribution < 1.29 is 8.78 Å². The number of alkyl halides is 2. The highest BCUT2D eigenvalue weighted by Gasteiger charge is 2.28. The smallest absolute Gasteiger partial charge is 0.245 e. The van der Waals surface area contributed by atoms with Crippen molar-refractivity contribution in [2.24, 2.45) is 0 Å². The average molecular weight is 176 g/mol. The molecule has 12 heavy (non-hydrogen) atoms. The maximum absolute atomic E-state index is 12.4. The Bertz CT molecular complexity index is 180. The van der Waals surface area contributed by atoms with E-state index >= 15 is 0 Å². The van der Waals surface area contributed by atoms with Gasteiger partial charge in [0.1, 0.15) is 5.54 Å². The molecule has 0 saturated carbocycles. The van der Waals surface area contributed by atoms with Crippen LogP contribution in [-0.2, 0) is 0 Å². The Morgan fingerprint density at radius 3 is 2.08 bits per heavy atom. The molecule has 1 N–H and O–H groups in total. The first kappa shape index (κ1) is 11.3. The zero-order valence-corrected chi connectivity index (χ0v) is 7.62. The van der Waals surface area contributed by atoms with Gasteiger partial charge in [0, 0.05) is 6.42 Å². The lowest BCUT2D eigenvalue weighted by Gasteiger charge is -2.22. The molecule has 0 saturated heterocycles. The van der Waals surface area contributed by atoms with Crippen molar-refractivity contribution in [1.29, 1.82) is 5.26 Å². The van der Waals surface area contributed by atoms with Crippen LogP contribution in [-0.4, -0.2) is 18.5 Å². The summed E-state index contributed by atoms with van der Waals surface area (Å²) in [6.07, 6.45) is -0.110. The molecule has 4 heteroatoms. The van der Waals surface area contributed by atoms with Gasteiger partial charge in [-0.2, -0.15) is 5.26 Å². The summed E-state index contributed by atoms with van der Waals surface area (Å²) in [5.41, 5.74) is -0.834. The van der Waals surface area contributed by atoms with Gasteiger partial charge >= 0.3 is 0 Å². The third kappa shape index (κ3) is 4.24. The standard InChI is InChI=1S/C8H14F2N2/c1-7(6-11,12-3)4-5-8(2,9)10/h12H,4-5H2,1-3H3. The van der Waals surface area contributed by atoms with E-state index in [2.05, 4.69) is 5.32 Å². The molecule has 0 rings (SSSR count). The highest BCUT2D eigenvalue weighted by Crippen LogP contribution is 2.23. The van der Waals surface area contributed by atoms with E-state index in [0.29, 0.717) is 0 Å². The van der Waals surface area contributed by atoms with Crippen LogP contribution < -0.4 is 5.32 Å². The molecule has 1 atom stereocenters. The molecule has 0 bridgehead atoms. The van der Waals surface area contributed by atoms with Crippen molar-refractivity contribution in [3.8, 4) is 6.07 Å². The van der Waals surface area contributed by atoms with Crippen LogP contribution in [0, 0.1) is 11.3 Å². The van der Waals surface area contributed by atoms with Crippen LogP contribution in [0.25, 0.3) is 0 Å². The molecule has 0 spiro atoms. The van der Waals surface area contributed by atoms with Crippen LogP contribution in [0.15, 0.2) is 0 Å². The largest absolute Gasteiger partial charge is 0.303 e. The molecular formula is C8H14F2N2. The van der Waals surface area contributed by atoms with E-state index in [0.717, 1.165) is 6.92 Å². The maximum atomic E-state index is 12.4. The van der Waals surface area contributed by atoms with E-state index in [4.69, 9.17) is 5.26 Å². The third-order valence-electron chi connectivity index (χ3n) is 1.86. The third-order valence-corrected chi connectivity index (χ3v) is 1.86. The second-order valence-electron chi connectivity index (χ2n) is 3.26. The Morgan fingerprint density at radius 2 is 1.83 bits per heavy atom. The summed E-state index contributed by atoms with van der Waals surface area (Å²) in [5, 5.41) is 11.3. The number of nitriles is 1. The average Bonchev–Trinajstić information content (AvgIpc) is 1.99. The Morgan fingerprint density at radius 1 is 1.33 bits per heavy atom.